The van der Waals surface area contributed by atoms with Crippen molar-refractivity contribution in [2.75, 3.05) is 13.1 Å². The molecule has 0 heterocycles. The Morgan fingerprint density at radius 1 is 1.33 bits per heavy atom. The minimum Gasteiger partial charge on any atom is -0.444 e. The van der Waals surface area contributed by atoms with Gasteiger partial charge in [-0.25, -0.2) is 4.79 Å². The summed E-state index contributed by atoms with van der Waals surface area (Å²) in [6, 6.07) is 2.72. The molecule has 0 bridgehead atoms. The second-order valence-corrected chi connectivity index (χ2v) is 5.39. The zero-order valence-electron chi connectivity index (χ0n) is 13.3. The zero-order valence-corrected chi connectivity index (χ0v) is 13.3. The van der Waals surface area contributed by atoms with E-state index in [0.717, 1.165) is 0 Å². The normalized spacial score (nSPS) is 9.86. The fourth-order valence-corrected chi connectivity index (χ4v) is 1.44. The summed E-state index contributed by atoms with van der Waals surface area (Å²) >= 11 is 0. The van der Waals surface area contributed by atoms with Crippen molar-refractivity contribution < 1.29 is 14.3 Å². The molecule has 0 atom stereocenters. The van der Waals surface area contributed by atoms with Crippen LogP contribution < -0.4 is 5.32 Å². The van der Waals surface area contributed by atoms with Crippen molar-refractivity contribution in [3.05, 3.63) is 0 Å². The molecular weight excluding hydrogens is 268 g/mol. The third-order valence-electron chi connectivity index (χ3n) is 2.26. The average molecular weight is 292 g/mol. The number of hydrogen-bond donors (Lipinski definition) is 1. The van der Waals surface area contributed by atoms with Crippen molar-refractivity contribution in [1.82, 2.24) is 10.2 Å². The summed E-state index contributed by atoms with van der Waals surface area (Å²) in [5.74, 6) is 5.09. The van der Waals surface area contributed by atoms with E-state index in [4.69, 9.17) is 11.2 Å². The molecule has 0 aliphatic rings. The average Bonchev–Trinajstić information content (AvgIpc) is 2.35. The van der Waals surface area contributed by atoms with Gasteiger partial charge in [-0.2, -0.15) is 0 Å². The maximum atomic E-state index is 11.9. The highest BCUT2D eigenvalue weighted by molar-refractivity contribution is 5.78. The number of amides is 2. The molecule has 0 saturated heterocycles. The summed E-state index contributed by atoms with van der Waals surface area (Å²) in [5, 5.41) is 2.60. The Kier molecular flexibility index (Phi) is 8.73. The highest BCUT2D eigenvalue weighted by Crippen LogP contribution is 2.06. The lowest BCUT2D eigenvalue weighted by atomic mass is 10.2. The summed E-state index contributed by atoms with van der Waals surface area (Å²) in [5.41, 5.74) is -0.544. The van der Waals surface area contributed by atoms with E-state index in [-0.39, 0.29) is 12.5 Å². The van der Waals surface area contributed by atoms with Gasteiger partial charge in [0, 0.05) is 25.4 Å². The van der Waals surface area contributed by atoms with E-state index >= 15 is 0 Å². The van der Waals surface area contributed by atoms with Gasteiger partial charge in [-0.3, -0.25) is 9.69 Å². The molecule has 21 heavy (non-hydrogen) atoms. The van der Waals surface area contributed by atoms with Crippen LogP contribution in [0.5, 0.6) is 0 Å². The van der Waals surface area contributed by atoms with E-state index in [1.807, 2.05) is 0 Å². The fraction of sp³-hybridized carbons (Fsp3) is 0.625. The quantitative estimate of drug-likeness (QED) is 0.463. The molecule has 0 fully saturated rings. The van der Waals surface area contributed by atoms with Gasteiger partial charge in [0.15, 0.2) is 0 Å². The SMILES string of the molecule is C#CCCCC(=O)N(C#CC)CCNC(=O)OC(C)(C)C. The molecule has 5 heteroatoms. The van der Waals surface area contributed by atoms with Gasteiger partial charge in [0.05, 0.1) is 6.54 Å². The molecule has 0 aliphatic carbocycles. The Bertz CT molecular complexity index is 447. The van der Waals surface area contributed by atoms with Gasteiger partial charge >= 0.3 is 6.09 Å². The molecule has 0 aromatic carbocycles. The van der Waals surface area contributed by atoms with E-state index in [1.54, 1.807) is 27.7 Å². The Morgan fingerprint density at radius 2 is 2.00 bits per heavy atom. The second kappa shape index (κ2) is 9.72. The van der Waals surface area contributed by atoms with Crippen molar-refractivity contribution in [2.24, 2.45) is 0 Å². The van der Waals surface area contributed by atoms with Crippen LogP contribution in [0, 0.1) is 24.3 Å². The molecule has 116 valence electrons. The highest BCUT2D eigenvalue weighted by atomic mass is 16.6. The fourth-order valence-electron chi connectivity index (χ4n) is 1.44. The van der Waals surface area contributed by atoms with Crippen LogP contribution >= 0.6 is 0 Å². The number of carbonyl (C=O) groups excluding carboxylic acids is 2. The van der Waals surface area contributed by atoms with E-state index in [0.29, 0.717) is 25.8 Å². The van der Waals surface area contributed by atoms with Gasteiger partial charge < -0.3 is 10.1 Å². The van der Waals surface area contributed by atoms with Crippen LogP contribution in [0.2, 0.25) is 0 Å². The largest absolute Gasteiger partial charge is 0.444 e. The lowest BCUT2D eigenvalue weighted by Gasteiger charge is -2.20. The molecule has 0 aromatic heterocycles. The standard InChI is InChI=1S/C16H24N2O3/c1-6-8-9-10-14(19)18(12-7-2)13-11-17-15(20)21-16(3,4)5/h1H,8-11,13H2,2-5H3,(H,17,20). The number of nitrogens with zero attached hydrogens (tertiary/aromatic N) is 1. The molecule has 1 N–H and O–H groups in total. The van der Waals surface area contributed by atoms with Crippen molar-refractivity contribution >= 4 is 12.0 Å². The summed E-state index contributed by atoms with van der Waals surface area (Å²) in [6.07, 6.45) is 6.19. The monoisotopic (exact) mass is 292 g/mol. The Balaban J connectivity index is 4.21. The third kappa shape index (κ3) is 10.3. The number of hydrogen-bond acceptors (Lipinski definition) is 3. The first-order valence-electron chi connectivity index (χ1n) is 6.93. The Hall–Kier alpha value is -2.14. The predicted octanol–water partition coefficient (Wildman–Crippen LogP) is 2.12. The van der Waals surface area contributed by atoms with E-state index in [2.05, 4.69) is 23.2 Å². The first kappa shape index (κ1) is 18.9. The Morgan fingerprint density at radius 3 is 2.52 bits per heavy atom. The number of carbonyl (C=O) groups is 2. The molecule has 0 saturated carbocycles. The maximum Gasteiger partial charge on any atom is 0.407 e. The van der Waals surface area contributed by atoms with Crippen LogP contribution in [0.1, 0.15) is 47.0 Å². The van der Waals surface area contributed by atoms with E-state index in [1.165, 1.54) is 4.90 Å². The van der Waals surface area contributed by atoms with Gasteiger partial charge in [0.2, 0.25) is 5.91 Å². The summed E-state index contributed by atoms with van der Waals surface area (Å²) < 4.78 is 5.11. The summed E-state index contributed by atoms with van der Waals surface area (Å²) in [7, 11) is 0. The van der Waals surface area contributed by atoms with Crippen LogP contribution in [-0.2, 0) is 9.53 Å². The number of alkyl carbamates (subject to hydrolysis) is 1. The lowest BCUT2D eigenvalue weighted by Crippen LogP contribution is -2.38. The first-order chi connectivity index (χ1) is 9.80. The lowest BCUT2D eigenvalue weighted by molar-refractivity contribution is -0.128. The molecular formula is C16H24N2O3. The van der Waals surface area contributed by atoms with Gasteiger partial charge in [0.25, 0.3) is 0 Å². The van der Waals surface area contributed by atoms with Gasteiger partial charge in [-0.15, -0.1) is 12.3 Å². The van der Waals surface area contributed by atoms with Crippen molar-refractivity contribution in [2.45, 2.75) is 52.6 Å². The zero-order chi connectivity index (χ0) is 16.3. The first-order valence-corrected chi connectivity index (χ1v) is 6.93. The van der Waals surface area contributed by atoms with E-state index < -0.39 is 11.7 Å². The van der Waals surface area contributed by atoms with E-state index in [9.17, 15) is 9.59 Å². The van der Waals surface area contributed by atoms with Crippen LogP contribution in [-0.4, -0.2) is 35.6 Å². The van der Waals surface area contributed by atoms with Crippen molar-refractivity contribution in [3.63, 3.8) is 0 Å². The van der Waals surface area contributed by atoms with Crippen LogP contribution in [0.15, 0.2) is 0 Å². The molecule has 0 spiro atoms. The molecule has 0 aromatic rings. The Labute approximate surface area is 127 Å². The van der Waals surface area contributed by atoms with Gasteiger partial charge in [-0.05, 0) is 34.1 Å². The van der Waals surface area contributed by atoms with Crippen molar-refractivity contribution in [3.8, 4) is 24.3 Å². The molecule has 0 rings (SSSR count). The minimum absolute atomic E-state index is 0.0920. The molecule has 0 unspecified atom stereocenters. The molecule has 5 nitrogen and oxygen atoms in total. The van der Waals surface area contributed by atoms with Crippen LogP contribution in [0.25, 0.3) is 0 Å². The van der Waals surface area contributed by atoms with Crippen LogP contribution in [0.3, 0.4) is 0 Å². The number of nitrogens with one attached hydrogen (secondary N) is 1. The number of terminal acetylenes is 1. The third-order valence-corrected chi connectivity index (χ3v) is 2.26. The van der Waals surface area contributed by atoms with Crippen LogP contribution in [0.4, 0.5) is 4.79 Å². The summed E-state index contributed by atoms with van der Waals surface area (Å²) in [6.45, 7) is 7.62. The second-order valence-electron chi connectivity index (χ2n) is 5.39. The minimum atomic E-state index is -0.544. The number of ether oxygens (including phenoxy) is 1. The predicted molar refractivity (Wildman–Crippen MR) is 82.1 cm³/mol. The molecule has 0 aliphatic heterocycles. The molecule has 0 radical (unpaired) electrons. The van der Waals surface area contributed by atoms with Crippen molar-refractivity contribution in [1.29, 1.82) is 0 Å². The topological polar surface area (TPSA) is 58.6 Å². The number of unbranched alkanes of at least 4 members (excludes halogenated alkanes) is 1. The smallest absolute Gasteiger partial charge is 0.407 e. The number of rotatable bonds is 6. The van der Waals surface area contributed by atoms with Gasteiger partial charge in [0.1, 0.15) is 5.60 Å². The summed E-state index contributed by atoms with van der Waals surface area (Å²) in [4.78, 5) is 24.8. The van der Waals surface area contributed by atoms with Gasteiger partial charge in [-0.1, -0.05) is 5.92 Å². The highest BCUT2D eigenvalue weighted by Gasteiger charge is 2.16. The maximum absolute atomic E-state index is 11.9. The molecule has 2 amide bonds.